The first-order chi connectivity index (χ1) is 12.9. The van der Waals surface area contributed by atoms with Gasteiger partial charge in [0.25, 0.3) is 0 Å². The minimum Gasteiger partial charge on any atom is -0.480 e. The topological polar surface area (TPSA) is 57.6 Å². The third-order valence-electron chi connectivity index (χ3n) is 5.52. The average Bonchev–Trinajstić information content (AvgIpc) is 2.63. The van der Waals surface area contributed by atoms with E-state index in [1.807, 2.05) is 0 Å². The van der Waals surface area contributed by atoms with Gasteiger partial charge in [0.05, 0.1) is 0 Å². The van der Waals surface area contributed by atoms with Crippen molar-refractivity contribution in [2.45, 2.75) is 109 Å². The van der Waals surface area contributed by atoms with Gasteiger partial charge in [-0.25, -0.2) is 4.79 Å². The maximum atomic E-state index is 12.3. The van der Waals surface area contributed by atoms with E-state index in [1.165, 1.54) is 69.6 Å². The number of allylic oxidation sites excluding steroid dienone is 2. The lowest BCUT2D eigenvalue weighted by Crippen LogP contribution is -2.54. The Labute approximate surface area is 167 Å². The minimum atomic E-state index is -1.40. The molecule has 0 bridgehead atoms. The molecule has 0 spiro atoms. The molecule has 27 heavy (non-hydrogen) atoms. The number of Topliss-reactive ketones (excluding diaryl/α,β-unsaturated/α-hetero) is 1. The largest absolute Gasteiger partial charge is 0.480 e. The molecule has 0 aliphatic heterocycles. The third kappa shape index (κ3) is 11.3. The van der Waals surface area contributed by atoms with E-state index >= 15 is 0 Å². The molecule has 0 amide bonds. The second kappa shape index (κ2) is 15.9. The van der Waals surface area contributed by atoms with E-state index in [-0.39, 0.29) is 5.78 Å². The summed E-state index contributed by atoms with van der Waals surface area (Å²) in [7, 11) is 3.29. The van der Waals surface area contributed by atoms with Crippen LogP contribution < -0.4 is 0 Å². The lowest BCUT2D eigenvalue weighted by atomic mass is 9.91. The summed E-state index contributed by atoms with van der Waals surface area (Å²) in [6.07, 6.45) is 20.7. The molecule has 0 aromatic carbocycles. The molecule has 4 heteroatoms. The highest BCUT2D eigenvalue weighted by atomic mass is 16.4. The van der Waals surface area contributed by atoms with Crippen LogP contribution in [-0.2, 0) is 9.59 Å². The minimum absolute atomic E-state index is 0.197. The summed E-state index contributed by atoms with van der Waals surface area (Å²) in [6, 6.07) is 0. The average molecular weight is 382 g/mol. The number of aliphatic carboxylic acids is 1. The second-order valence-corrected chi connectivity index (χ2v) is 8.03. The zero-order valence-corrected chi connectivity index (χ0v) is 18.3. The maximum Gasteiger partial charge on any atom is 0.331 e. The monoisotopic (exact) mass is 381 g/mol. The molecule has 4 nitrogen and oxygen atoms in total. The van der Waals surface area contributed by atoms with Crippen LogP contribution in [0.4, 0.5) is 0 Å². The smallest absolute Gasteiger partial charge is 0.331 e. The Balaban J connectivity index is 3.61. The molecule has 0 aliphatic rings. The van der Waals surface area contributed by atoms with Crippen molar-refractivity contribution < 1.29 is 14.7 Å². The van der Waals surface area contributed by atoms with Crippen LogP contribution in [0.1, 0.15) is 104 Å². The van der Waals surface area contributed by atoms with Crippen molar-refractivity contribution in [1.29, 1.82) is 0 Å². The fourth-order valence-electron chi connectivity index (χ4n) is 3.16. The van der Waals surface area contributed by atoms with E-state index in [2.05, 4.69) is 19.1 Å². The number of carbonyl (C=O) groups is 2. The zero-order chi connectivity index (χ0) is 20.5. The van der Waals surface area contributed by atoms with Crippen LogP contribution >= 0.6 is 0 Å². The maximum absolute atomic E-state index is 12.3. The Morgan fingerprint density at radius 1 is 0.815 bits per heavy atom. The lowest BCUT2D eigenvalue weighted by Gasteiger charge is -2.30. The van der Waals surface area contributed by atoms with Gasteiger partial charge in [-0.15, -0.1) is 0 Å². The number of likely N-dealkylation sites (N-methyl/N-ethyl adjacent to an activating group) is 1. The number of nitrogens with zero attached hydrogens (tertiary/aromatic N) is 1. The normalized spacial score (nSPS) is 14.0. The Kier molecular flexibility index (Phi) is 15.2. The summed E-state index contributed by atoms with van der Waals surface area (Å²) in [5.41, 5.74) is -1.40. The molecule has 0 fully saturated rings. The van der Waals surface area contributed by atoms with Gasteiger partial charge in [-0.3, -0.25) is 9.69 Å². The van der Waals surface area contributed by atoms with Crippen molar-refractivity contribution in [3.05, 3.63) is 12.2 Å². The van der Waals surface area contributed by atoms with E-state index in [0.29, 0.717) is 6.42 Å². The number of carboxylic acids is 1. The lowest BCUT2D eigenvalue weighted by molar-refractivity contribution is -0.154. The number of carbonyl (C=O) groups excluding carboxylic acids is 1. The van der Waals surface area contributed by atoms with Gasteiger partial charge in [-0.05, 0) is 53.1 Å². The summed E-state index contributed by atoms with van der Waals surface area (Å²) >= 11 is 0. The predicted octanol–water partition coefficient (Wildman–Crippen LogP) is 6.00. The predicted molar refractivity (Wildman–Crippen MR) is 114 cm³/mol. The molecule has 0 rings (SSSR count). The van der Waals surface area contributed by atoms with Crippen molar-refractivity contribution in [1.82, 2.24) is 4.90 Å². The van der Waals surface area contributed by atoms with Crippen molar-refractivity contribution >= 4 is 11.8 Å². The molecule has 1 unspecified atom stereocenters. The van der Waals surface area contributed by atoms with Crippen LogP contribution in [0.2, 0.25) is 0 Å². The van der Waals surface area contributed by atoms with Gasteiger partial charge in [0, 0.05) is 6.42 Å². The molecule has 0 aromatic rings. The van der Waals surface area contributed by atoms with Gasteiger partial charge in [-0.1, -0.05) is 70.4 Å². The highest BCUT2D eigenvalue weighted by Gasteiger charge is 2.42. The first kappa shape index (κ1) is 25.8. The summed E-state index contributed by atoms with van der Waals surface area (Å²) in [6.45, 7) is 3.75. The molecule has 0 saturated heterocycles. The highest BCUT2D eigenvalue weighted by molar-refractivity contribution is 6.07. The second-order valence-electron chi connectivity index (χ2n) is 8.03. The third-order valence-corrected chi connectivity index (χ3v) is 5.52. The van der Waals surface area contributed by atoms with Crippen LogP contribution in [0.5, 0.6) is 0 Å². The van der Waals surface area contributed by atoms with Crippen molar-refractivity contribution in [3.8, 4) is 0 Å². The van der Waals surface area contributed by atoms with Gasteiger partial charge < -0.3 is 5.11 Å². The molecule has 0 radical (unpaired) electrons. The number of hydrogen-bond acceptors (Lipinski definition) is 3. The van der Waals surface area contributed by atoms with Gasteiger partial charge in [0.15, 0.2) is 11.3 Å². The van der Waals surface area contributed by atoms with Crippen LogP contribution in [-0.4, -0.2) is 41.4 Å². The van der Waals surface area contributed by atoms with E-state index in [9.17, 15) is 14.7 Å². The van der Waals surface area contributed by atoms with E-state index < -0.39 is 11.5 Å². The first-order valence-corrected chi connectivity index (χ1v) is 11.0. The van der Waals surface area contributed by atoms with Crippen LogP contribution in [0, 0.1) is 0 Å². The fourth-order valence-corrected chi connectivity index (χ4v) is 3.16. The standard InChI is InChI=1S/C23H43NO3/c1-5-6-7-8-9-10-11-12-13-14-15-16-17-18-19-20-21(25)23(2,22(26)27)24(3)4/h12-13H,5-11,14-20H2,1-4H3,(H,26,27)/b13-12-. The SMILES string of the molecule is CCCCCCCC/C=C\CCCCCCCC(=O)C(C)(C(=O)O)N(C)C. The molecule has 158 valence electrons. The molecular weight excluding hydrogens is 338 g/mol. The van der Waals surface area contributed by atoms with E-state index in [4.69, 9.17) is 0 Å². The van der Waals surface area contributed by atoms with Gasteiger partial charge in [-0.2, -0.15) is 0 Å². The molecule has 1 atom stereocenters. The van der Waals surface area contributed by atoms with Gasteiger partial charge in [0.1, 0.15) is 0 Å². The van der Waals surface area contributed by atoms with Gasteiger partial charge in [0.2, 0.25) is 0 Å². The number of carboxylic acid groups (broad SMARTS) is 1. The molecule has 0 aliphatic carbocycles. The summed E-state index contributed by atoms with van der Waals surface area (Å²) in [4.78, 5) is 25.1. The number of rotatable bonds is 18. The quantitative estimate of drug-likeness (QED) is 0.180. The Morgan fingerprint density at radius 2 is 1.26 bits per heavy atom. The number of ketones is 1. The van der Waals surface area contributed by atoms with Crippen molar-refractivity contribution in [3.63, 3.8) is 0 Å². The summed E-state index contributed by atoms with van der Waals surface area (Å²) in [5, 5.41) is 9.33. The highest BCUT2D eigenvalue weighted by Crippen LogP contribution is 2.18. The Morgan fingerprint density at radius 3 is 1.70 bits per heavy atom. The van der Waals surface area contributed by atoms with Gasteiger partial charge >= 0.3 is 5.97 Å². The molecular formula is C23H43NO3. The Bertz CT molecular complexity index is 431. The Hall–Kier alpha value is -1.16. The first-order valence-electron chi connectivity index (χ1n) is 11.0. The fraction of sp³-hybridized carbons (Fsp3) is 0.826. The molecule has 0 saturated carbocycles. The number of hydrogen-bond donors (Lipinski definition) is 1. The number of unbranched alkanes of at least 4 members (excludes halogenated alkanes) is 11. The van der Waals surface area contributed by atoms with E-state index in [1.54, 1.807) is 14.1 Å². The van der Waals surface area contributed by atoms with Crippen LogP contribution in [0.25, 0.3) is 0 Å². The van der Waals surface area contributed by atoms with Crippen LogP contribution in [0.15, 0.2) is 12.2 Å². The van der Waals surface area contributed by atoms with Crippen LogP contribution in [0.3, 0.4) is 0 Å². The van der Waals surface area contributed by atoms with Crippen molar-refractivity contribution in [2.75, 3.05) is 14.1 Å². The van der Waals surface area contributed by atoms with Crippen molar-refractivity contribution in [2.24, 2.45) is 0 Å². The van der Waals surface area contributed by atoms with E-state index in [0.717, 1.165) is 25.7 Å². The molecule has 0 aromatic heterocycles. The molecule has 1 N–H and O–H groups in total. The summed E-state index contributed by atoms with van der Waals surface area (Å²) < 4.78 is 0. The summed E-state index contributed by atoms with van der Waals surface area (Å²) in [5.74, 6) is -1.26. The molecule has 0 heterocycles. The zero-order valence-electron chi connectivity index (χ0n) is 18.3.